The highest BCUT2D eigenvalue weighted by Gasteiger charge is 2.43. The molecule has 1 fully saturated rings. The lowest BCUT2D eigenvalue weighted by Gasteiger charge is -2.35. The van der Waals surface area contributed by atoms with Gasteiger partial charge in [-0.15, -0.1) is 0 Å². The first kappa shape index (κ1) is 17.8. The standard InChI is InChI=1S/C16H31N3O2/c1-4-10-16(11-5-2,14(17)18-21)15(20)19(3)12-13-8-6-7-9-13/h13,21H,4-12H2,1-3H3,(H2,17,18). The van der Waals surface area contributed by atoms with E-state index in [4.69, 9.17) is 10.9 Å². The van der Waals surface area contributed by atoms with Gasteiger partial charge in [-0.3, -0.25) is 4.79 Å². The predicted molar refractivity (Wildman–Crippen MR) is 85.3 cm³/mol. The van der Waals surface area contributed by atoms with Crippen LogP contribution in [0, 0.1) is 11.3 Å². The SMILES string of the molecule is CCCC(CCC)(C(=O)N(C)CC1CCCC1)C(N)=NO. The highest BCUT2D eigenvalue weighted by molar-refractivity contribution is 6.06. The molecule has 0 bridgehead atoms. The largest absolute Gasteiger partial charge is 0.409 e. The van der Waals surface area contributed by atoms with E-state index in [1.807, 2.05) is 20.9 Å². The number of nitrogens with zero attached hydrogens (tertiary/aromatic N) is 2. The van der Waals surface area contributed by atoms with Gasteiger partial charge in [0, 0.05) is 13.6 Å². The van der Waals surface area contributed by atoms with Crippen LogP contribution in [0.3, 0.4) is 0 Å². The molecule has 1 aliphatic carbocycles. The minimum absolute atomic E-state index is 0.00778. The molecule has 1 saturated carbocycles. The topological polar surface area (TPSA) is 78.9 Å². The van der Waals surface area contributed by atoms with Gasteiger partial charge in [-0.2, -0.15) is 0 Å². The fraction of sp³-hybridized carbons (Fsp3) is 0.875. The van der Waals surface area contributed by atoms with Crippen LogP contribution in [0.25, 0.3) is 0 Å². The van der Waals surface area contributed by atoms with Crippen LogP contribution in [0.5, 0.6) is 0 Å². The molecule has 3 N–H and O–H groups in total. The Balaban J connectivity index is 2.91. The van der Waals surface area contributed by atoms with Crippen LogP contribution in [0.1, 0.15) is 65.2 Å². The van der Waals surface area contributed by atoms with Gasteiger partial charge in [-0.25, -0.2) is 0 Å². The van der Waals surface area contributed by atoms with Crippen LogP contribution in [0.4, 0.5) is 0 Å². The molecule has 0 saturated heterocycles. The zero-order chi connectivity index (χ0) is 15.9. The highest BCUT2D eigenvalue weighted by Crippen LogP contribution is 2.34. The molecule has 5 heteroatoms. The van der Waals surface area contributed by atoms with Gasteiger partial charge < -0.3 is 15.8 Å². The summed E-state index contributed by atoms with van der Waals surface area (Å²) < 4.78 is 0. The van der Waals surface area contributed by atoms with Gasteiger partial charge in [-0.1, -0.05) is 44.7 Å². The normalized spacial score (nSPS) is 17.2. The van der Waals surface area contributed by atoms with E-state index in [0.29, 0.717) is 18.8 Å². The number of amides is 1. The van der Waals surface area contributed by atoms with Crippen LogP contribution >= 0.6 is 0 Å². The number of hydrogen-bond donors (Lipinski definition) is 2. The quantitative estimate of drug-likeness (QED) is 0.313. The third-order valence-electron chi connectivity index (χ3n) is 4.71. The summed E-state index contributed by atoms with van der Waals surface area (Å²) in [5.41, 5.74) is 5.08. The molecule has 0 radical (unpaired) electrons. The molecule has 21 heavy (non-hydrogen) atoms. The molecule has 1 aliphatic rings. The Kier molecular flexibility index (Phi) is 6.99. The molecule has 0 atom stereocenters. The number of hydrogen-bond acceptors (Lipinski definition) is 3. The third-order valence-corrected chi connectivity index (χ3v) is 4.71. The van der Waals surface area contributed by atoms with Gasteiger partial charge in [0.2, 0.25) is 5.91 Å². The zero-order valence-corrected chi connectivity index (χ0v) is 13.8. The number of rotatable bonds is 8. The molecule has 0 aromatic heterocycles. The summed E-state index contributed by atoms with van der Waals surface area (Å²) in [6.07, 6.45) is 7.86. The van der Waals surface area contributed by atoms with E-state index < -0.39 is 5.41 Å². The summed E-state index contributed by atoms with van der Waals surface area (Å²) in [4.78, 5) is 14.8. The predicted octanol–water partition coefficient (Wildman–Crippen LogP) is 2.97. The molecule has 0 aromatic rings. The molecule has 0 unspecified atom stereocenters. The molecule has 5 nitrogen and oxygen atoms in total. The lowest BCUT2D eigenvalue weighted by molar-refractivity contribution is -0.138. The maximum absolute atomic E-state index is 13.0. The number of nitrogens with two attached hydrogens (primary N) is 1. The van der Waals surface area contributed by atoms with Crippen molar-refractivity contribution in [3.05, 3.63) is 0 Å². The molecular weight excluding hydrogens is 266 g/mol. The van der Waals surface area contributed by atoms with E-state index in [2.05, 4.69) is 5.16 Å². The van der Waals surface area contributed by atoms with Crippen molar-refractivity contribution in [1.82, 2.24) is 4.90 Å². The highest BCUT2D eigenvalue weighted by atomic mass is 16.4. The van der Waals surface area contributed by atoms with Gasteiger partial charge in [0.1, 0.15) is 5.41 Å². The zero-order valence-electron chi connectivity index (χ0n) is 13.8. The summed E-state index contributed by atoms with van der Waals surface area (Å²) >= 11 is 0. The molecule has 122 valence electrons. The summed E-state index contributed by atoms with van der Waals surface area (Å²) in [6, 6.07) is 0. The second kappa shape index (κ2) is 8.25. The van der Waals surface area contributed by atoms with E-state index in [0.717, 1.165) is 19.4 Å². The van der Waals surface area contributed by atoms with E-state index in [-0.39, 0.29) is 11.7 Å². The van der Waals surface area contributed by atoms with Crippen LogP contribution in [0.15, 0.2) is 5.16 Å². The molecular formula is C16H31N3O2. The number of carbonyl (C=O) groups excluding carboxylic acids is 1. The van der Waals surface area contributed by atoms with Gasteiger partial charge in [0.25, 0.3) is 0 Å². The first-order valence-electron chi connectivity index (χ1n) is 8.25. The fourth-order valence-electron chi connectivity index (χ4n) is 3.68. The molecule has 0 aliphatic heterocycles. The second-order valence-electron chi connectivity index (χ2n) is 6.40. The van der Waals surface area contributed by atoms with Gasteiger partial charge >= 0.3 is 0 Å². The second-order valence-corrected chi connectivity index (χ2v) is 6.40. The minimum atomic E-state index is -0.842. The summed E-state index contributed by atoms with van der Waals surface area (Å²) in [5, 5.41) is 12.3. The fourth-order valence-corrected chi connectivity index (χ4v) is 3.68. The Morgan fingerprint density at radius 3 is 2.24 bits per heavy atom. The van der Waals surface area contributed by atoms with Crippen LogP contribution in [0.2, 0.25) is 0 Å². The summed E-state index contributed by atoms with van der Waals surface area (Å²) in [6.45, 7) is 4.84. The number of oxime groups is 1. The van der Waals surface area contributed by atoms with Crippen molar-refractivity contribution >= 4 is 11.7 Å². The average molecular weight is 297 g/mol. The Morgan fingerprint density at radius 2 is 1.81 bits per heavy atom. The van der Waals surface area contributed by atoms with Gasteiger partial charge in [0.15, 0.2) is 5.84 Å². The monoisotopic (exact) mass is 297 g/mol. The van der Waals surface area contributed by atoms with Gasteiger partial charge in [0.05, 0.1) is 0 Å². The van der Waals surface area contributed by atoms with Crippen molar-refractivity contribution in [3.8, 4) is 0 Å². The van der Waals surface area contributed by atoms with Crippen molar-refractivity contribution in [2.75, 3.05) is 13.6 Å². The lowest BCUT2D eigenvalue weighted by Crippen LogP contribution is -2.51. The maximum Gasteiger partial charge on any atom is 0.236 e. The minimum Gasteiger partial charge on any atom is -0.409 e. The smallest absolute Gasteiger partial charge is 0.236 e. The summed E-state index contributed by atoms with van der Waals surface area (Å²) in [7, 11) is 1.85. The van der Waals surface area contributed by atoms with Crippen molar-refractivity contribution < 1.29 is 10.0 Å². The number of amidine groups is 1. The Morgan fingerprint density at radius 1 is 1.29 bits per heavy atom. The lowest BCUT2D eigenvalue weighted by atomic mass is 9.76. The van der Waals surface area contributed by atoms with E-state index >= 15 is 0 Å². The maximum atomic E-state index is 13.0. The molecule has 0 spiro atoms. The van der Waals surface area contributed by atoms with Crippen molar-refractivity contribution in [3.63, 3.8) is 0 Å². The molecule has 1 amide bonds. The average Bonchev–Trinajstić information content (AvgIpc) is 2.98. The molecule has 0 aromatic carbocycles. The van der Waals surface area contributed by atoms with Gasteiger partial charge in [-0.05, 0) is 31.6 Å². The molecule has 0 heterocycles. The molecule has 1 rings (SSSR count). The van der Waals surface area contributed by atoms with Crippen LogP contribution < -0.4 is 5.73 Å². The van der Waals surface area contributed by atoms with Crippen LogP contribution in [-0.4, -0.2) is 35.4 Å². The Bertz CT molecular complexity index is 357. The van der Waals surface area contributed by atoms with Crippen molar-refractivity contribution in [2.24, 2.45) is 22.2 Å². The Labute approximate surface area is 128 Å². The summed E-state index contributed by atoms with van der Waals surface area (Å²) in [5.74, 6) is 0.676. The van der Waals surface area contributed by atoms with Crippen LogP contribution in [-0.2, 0) is 4.79 Å². The van der Waals surface area contributed by atoms with E-state index in [1.165, 1.54) is 25.7 Å². The Hall–Kier alpha value is -1.26. The van der Waals surface area contributed by atoms with E-state index in [9.17, 15) is 4.79 Å². The van der Waals surface area contributed by atoms with E-state index in [1.54, 1.807) is 4.90 Å². The first-order valence-corrected chi connectivity index (χ1v) is 8.25. The third kappa shape index (κ3) is 4.11. The van der Waals surface area contributed by atoms with Crippen molar-refractivity contribution in [2.45, 2.75) is 65.2 Å². The number of carbonyl (C=O) groups is 1. The van der Waals surface area contributed by atoms with Crippen molar-refractivity contribution in [1.29, 1.82) is 0 Å². The first-order chi connectivity index (χ1) is 10.0.